The van der Waals surface area contributed by atoms with Crippen molar-refractivity contribution in [2.24, 2.45) is 0 Å². The van der Waals surface area contributed by atoms with Crippen LogP contribution in [0.1, 0.15) is 11.3 Å². The average molecular weight is 320 g/mol. The van der Waals surface area contributed by atoms with Crippen molar-refractivity contribution in [1.82, 2.24) is 5.16 Å². The van der Waals surface area contributed by atoms with Gasteiger partial charge in [0.05, 0.1) is 5.75 Å². The Morgan fingerprint density at radius 1 is 1.36 bits per heavy atom. The molecular formula is C15H16N2O4S. The maximum Gasteiger partial charge on any atom is 0.235 e. The molecule has 6 nitrogen and oxygen atoms in total. The summed E-state index contributed by atoms with van der Waals surface area (Å²) in [5, 5.41) is 6.42. The second-order valence-corrected chi connectivity index (χ2v) is 5.79. The van der Waals surface area contributed by atoms with E-state index in [1.165, 1.54) is 11.8 Å². The number of hydrogen-bond donors (Lipinski definition) is 1. The van der Waals surface area contributed by atoms with Crippen LogP contribution in [-0.4, -0.2) is 30.0 Å². The van der Waals surface area contributed by atoms with E-state index in [1.54, 1.807) is 13.0 Å². The van der Waals surface area contributed by atoms with Gasteiger partial charge < -0.3 is 19.3 Å². The fourth-order valence-electron chi connectivity index (χ4n) is 2.11. The fraction of sp³-hybridized carbons (Fsp3) is 0.333. The second kappa shape index (κ2) is 6.74. The quantitative estimate of drug-likeness (QED) is 0.913. The van der Waals surface area contributed by atoms with E-state index < -0.39 is 0 Å². The Morgan fingerprint density at radius 3 is 3.05 bits per heavy atom. The van der Waals surface area contributed by atoms with E-state index in [-0.39, 0.29) is 5.91 Å². The third-order valence-corrected chi connectivity index (χ3v) is 4.02. The normalized spacial score (nSPS) is 13.0. The van der Waals surface area contributed by atoms with Gasteiger partial charge in [-0.3, -0.25) is 4.79 Å². The van der Waals surface area contributed by atoms with E-state index in [9.17, 15) is 4.79 Å². The lowest BCUT2D eigenvalue weighted by atomic mass is 10.2. The first-order valence-corrected chi connectivity index (χ1v) is 8.06. The highest BCUT2D eigenvalue weighted by atomic mass is 32.2. The van der Waals surface area contributed by atoms with Gasteiger partial charge in [0.15, 0.2) is 17.3 Å². The van der Waals surface area contributed by atoms with Crippen LogP contribution in [0.15, 0.2) is 28.8 Å². The van der Waals surface area contributed by atoms with Crippen LogP contribution < -0.4 is 14.8 Å². The van der Waals surface area contributed by atoms with Crippen molar-refractivity contribution in [2.45, 2.75) is 12.7 Å². The SMILES string of the molecule is Cc1cc(NC(=O)CSCc2cccc3c2OCCO3)no1. The van der Waals surface area contributed by atoms with Gasteiger partial charge in [0, 0.05) is 17.4 Å². The van der Waals surface area contributed by atoms with Crippen LogP contribution in [-0.2, 0) is 10.5 Å². The summed E-state index contributed by atoms with van der Waals surface area (Å²) in [6.45, 7) is 2.90. The molecule has 0 saturated carbocycles. The Morgan fingerprint density at radius 2 is 2.23 bits per heavy atom. The molecular weight excluding hydrogens is 304 g/mol. The molecule has 2 aromatic rings. The number of nitrogens with zero attached hydrogens (tertiary/aromatic N) is 1. The van der Waals surface area contributed by atoms with E-state index in [4.69, 9.17) is 14.0 Å². The van der Waals surface area contributed by atoms with Crippen LogP contribution in [0, 0.1) is 6.92 Å². The smallest absolute Gasteiger partial charge is 0.235 e. The van der Waals surface area contributed by atoms with Crippen molar-refractivity contribution in [3.05, 3.63) is 35.6 Å². The molecule has 0 spiro atoms. The zero-order chi connectivity index (χ0) is 15.4. The lowest BCUT2D eigenvalue weighted by Gasteiger charge is -2.20. The van der Waals surface area contributed by atoms with Crippen molar-refractivity contribution >= 4 is 23.5 Å². The van der Waals surface area contributed by atoms with Gasteiger partial charge in [-0.15, -0.1) is 11.8 Å². The van der Waals surface area contributed by atoms with Gasteiger partial charge in [0.1, 0.15) is 19.0 Å². The summed E-state index contributed by atoms with van der Waals surface area (Å²) in [6.07, 6.45) is 0. The number of rotatable bonds is 5. The molecule has 0 radical (unpaired) electrons. The van der Waals surface area contributed by atoms with E-state index >= 15 is 0 Å². The van der Waals surface area contributed by atoms with Gasteiger partial charge in [0.25, 0.3) is 0 Å². The third-order valence-electron chi connectivity index (χ3n) is 3.03. The first kappa shape index (κ1) is 14.8. The first-order chi connectivity index (χ1) is 10.7. The molecule has 0 saturated heterocycles. The number of aryl methyl sites for hydroxylation is 1. The molecule has 1 aliphatic rings. The number of carbonyl (C=O) groups is 1. The maximum absolute atomic E-state index is 11.8. The molecule has 0 unspecified atom stereocenters. The number of nitrogens with one attached hydrogen (secondary N) is 1. The minimum atomic E-state index is -0.111. The highest BCUT2D eigenvalue weighted by Gasteiger charge is 2.15. The molecule has 116 valence electrons. The van der Waals surface area contributed by atoms with E-state index in [1.807, 2.05) is 18.2 Å². The number of ether oxygens (including phenoxy) is 2. The summed E-state index contributed by atoms with van der Waals surface area (Å²) >= 11 is 1.51. The highest BCUT2D eigenvalue weighted by molar-refractivity contribution is 7.99. The molecule has 1 aromatic heterocycles. The van der Waals surface area contributed by atoms with Crippen molar-refractivity contribution < 1.29 is 18.8 Å². The number of anilines is 1. The summed E-state index contributed by atoms with van der Waals surface area (Å²) in [5.41, 5.74) is 1.03. The third kappa shape index (κ3) is 3.54. The molecule has 0 fully saturated rings. The van der Waals surface area contributed by atoms with Crippen LogP contribution in [0.25, 0.3) is 0 Å². The Kier molecular flexibility index (Phi) is 4.53. The van der Waals surface area contributed by atoms with Crippen molar-refractivity contribution in [3.8, 4) is 11.5 Å². The Hall–Kier alpha value is -2.15. The van der Waals surface area contributed by atoms with Gasteiger partial charge in [-0.25, -0.2) is 0 Å². The Balaban J connectivity index is 1.52. The molecule has 1 N–H and O–H groups in total. The van der Waals surface area contributed by atoms with Crippen LogP contribution in [0.3, 0.4) is 0 Å². The van der Waals surface area contributed by atoms with Gasteiger partial charge in [-0.1, -0.05) is 17.3 Å². The molecule has 0 aliphatic carbocycles. The largest absolute Gasteiger partial charge is 0.486 e. The molecule has 7 heteroatoms. The lowest BCUT2D eigenvalue weighted by Crippen LogP contribution is -2.17. The molecule has 3 rings (SSSR count). The zero-order valence-corrected chi connectivity index (χ0v) is 12.9. The Bertz CT molecular complexity index is 671. The maximum atomic E-state index is 11.8. The summed E-state index contributed by atoms with van der Waals surface area (Å²) in [4.78, 5) is 11.8. The zero-order valence-electron chi connectivity index (χ0n) is 12.1. The molecule has 2 heterocycles. The van der Waals surface area contributed by atoms with Gasteiger partial charge in [0.2, 0.25) is 5.91 Å². The van der Waals surface area contributed by atoms with E-state index in [0.29, 0.717) is 36.3 Å². The number of fused-ring (bicyclic) bond motifs is 1. The molecule has 0 bridgehead atoms. The van der Waals surface area contributed by atoms with E-state index in [0.717, 1.165) is 17.1 Å². The van der Waals surface area contributed by atoms with E-state index in [2.05, 4.69) is 10.5 Å². The summed E-state index contributed by atoms with van der Waals surface area (Å²) in [6, 6.07) is 7.49. The average Bonchev–Trinajstić information content (AvgIpc) is 2.92. The predicted octanol–water partition coefficient (Wildman–Crippen LogP) is 2.63. The number of benzene rings is 1. The summed E-state index contributed by atoms with van der Waals surface area (Å²) in [5.74, 6) is 3.56. The van der Waals surface area contributed by atoms with Gasteiger partial charge in [-0.05, 0) is 13.0 Å². The number of para-hydroxylation sites is 1. The second-order valence-electron chi connectivity index (χ2n) is 4.81. The number of carbonyl (C=O) groups excluding carboxylic acids is 1. The van der Waals surface area contributed by atoms with Crippen LogP contribution in [0.4, 0.5) is 5.82 Å². The van der Waals surface area contributed by atoms with Crippen molar-refractivity contribution in [1.29, 1.82) is 0 Å². The number of hydrogen-bond acceptors (Lipinski definition) is 6. The van der Waals surface area contributed by atoms with Gasteiger partial charge >= 0.3 is 0 Å². The standard InChI is InChI=1S/C15H16N2O4S/c1-10-7-13(17-21-10)16-14(18)9-22-8-11-3-2-4-12-15(11)20-6-5-19-12/h2-4,7H,5-6,8-9H2,1H3,(H,16,17,18). The monoisotopic (exact) mass is 320 g/mol. The fourth-order valence-corrected chi connectivity index (χ4v) is 2.91. The molecule has 1 aliphatic heterocycles. The molecule has 1 amide bonds. The minimum Gasteiger partial charge on any atom is -0.486 e. The summed E-state index contributed by atoms with van der Waals surface area (Å²) in [7, 11) is 0. The van der Waals surface area contributed by atoms with Crippen molar-refractivity contribution in [3.63, 3.8) is 0 Å². The summed E-state index contributed by atoms with van der Waals surface area (Å²) < 4.78 is 16.1. The molecule has 1 aromatic carbocycles. The van der Waals surface area contributed by atoms with Crippen LogP contribution in [0.2, 0.25) is 0 Å². The topological polar surface area (TPSA) is 73.6 Å². The molecule has 22 heavy (non-hydrogen) atoms. The van der Waals surface area contributed by atoms with Gasteiger partial charge in [-0.2, -0.15) is 0 Å². The van der Waals surface area contributed by atoms with Crippen LogP contribution >= 0.6 is 11.8 Å². The number of thioether (sulfide) groups is 1. The lowest BCUT2D eigenvalue weighted by molar-refractivity contribution is -0.113. The minimum absolute atomic E-state index is 0.111. The molecule has 0 atom stereocenters. The number of aromatic nitrogens is 1. The first-order valence-electron chi connectivity index (χ1n) is 6.91. The Labute approximate surface area is 132 Å². The predicted molar refractivity (Wildman–Crippen MR) is 83.5 cm³/mol. The van der Waals surface area contributed by atoms with Crippen LogP contribution in [0.5, 0.6) is 11.5 Å². The van der Waals surface area contributed by atoms with Crippen molar-refractivity contribution in [2.75, 3.05) is 24.3 Å². The highest BCUT2D eigenvalue weighted by Crippen LogP contribution is 2.35. The number of amides is 1.